The summed E-state index contributed by atoms with van der Waals surface area (Å²) < 4.78 is 13.1. The summed E-state index contributed by atoms with van der Waals surface area (Å²) in [6.07, 6.45) is 4.42. The van der Waals surface area contributed by atoms with Crippen LogP contribution in [0.4, 0.5) is 4.39 Å². The van der Waals surface area contributed by atoms with Crippen LogP contribution in [-0.2, 0) is 6.54 Å². The largest absolute Gasteiger partial charge is 0.348 e. The number of benzene rings is 1. The van der Waals surface area contributed by atoms with Gasteiger partial charge >= 0.3 is 0 Å². The lowest BCUT2D eigenvalue weighted by Gasteiger charge is -2.16. The van der Waals surface area contributed by atoms with Gasteiger partial charge in [-0.3, -0.25) is 0 Å². The molecule has 17 heavy (non-hydrogen) atoms. The summed E-state index contributed by atoms with van der Waals surface area (Å²) in [6.45, 7) is 2.73. The molecule has 2 rings (SSSR count). The van der Waals surface area contributed by atoms with Gasteiger partial charge in [0.25, 0.3) is 0 Å². The van der Waals surface area contributed by atoms with Gasteiger partial charge in [-0.15, -0.1) is 0 Å². The van der Waals surface area contributed by atoms with Crippen LogP contribution in [-0.4, -0.2) is 9.97 Å². The Morgan fingerprint density at radius 3 is 3.00 bits per heavy atom. The molecule has 1 unspecified atom stereocenters. The van der Waals surface area contributed by atoms with E-state index in [0.29, 0.717) is 6.54 Å². The van der Waals surface area contributed by atoms with Crippen LogP contribution in [0, 0.1) is 5.82 Å². The molecule has 0 amide bonds. The first-order valence-electron chi connectivity index (χ1n) is 5.76. The zero-order valence-corrected chi connectivity index (χ0v) is 9.78. The Morgan fingerprint density at radius 2 is 2.35 bits per heavy atom. The van der Waals surface area contributed by atoms with Gasteiger partial charge in [0.2, 0.25) is 0 Å². The monoisotopic (exact) mass is 233 g/mol. The third-order valence-electron chi connectivity index (χ3n) is 2.73. The molecule has 0 saturated heterocycles. The fourth-order valence-electron chi connectivity index (χ4n) is 1.84. The number of imidazole rings is 1. The summed E-state index contributed by atoms with van der Waals surface area (Å²) >= 11 is 0. The molecule has 1 aromatic carbocycles. The molecule has 90 valence electrons. The quantitative estimate of drug-likeness (QED) is 0.833. The second-order valence-electron chi connectivity index (χ2n) is 3.93. The van der Waals surface area contributed by atoms with Gasteiger partial charge in [0.1, 0.15) is 11.6 Å². The highest BCUT2D eigenvalue weighted by Gasteiger charge is 2.09. The summed E-state index contributed by atoms with van der Waals surface area (Å²) in [5.41, 5.74) is 0.971. The van der Waals surface area contributed by atoms with Crippen LogP contribution in [0.3, 0.4) is 0 Å². The van der Waals surface area contributed by atoms with E-state index in [1.165, 1.54) is 6.07 Å². The molecular formula is C13H16FN3. The minimum absolute atomic E-state index is 0.149. The SMILES string of the molecule is CCC(NCc1ncc[nH]1)c1cccc(F)c1. The fourth-order valence-corrected chi connectivity index (χ4v) is 1.84. The number of hydrogen-bond donors (Lipinski definition) is 2. The van der Waals surface area contributed by atoms with Crippen LogP contribution in [0.1, 0.15) is 30.8 Å². The summed E-state index contributed by atoms with van der Waals surface area (Å²) in [5.74, 6) is 0.695. The van der Waals surface area contributed by atoms with E-state index in [0.717, 1.165) is 17.8 Å². The lowest BCUT2D eigenvalue weighted by Crippen LogP contribution is -2.21. The van der Waals surface area contributed by atoms with Gasteiger partial charge in [0, 0.05) is 18.4 Å². The first kappa shape index (κ1) is 11.8. The van der Waals surface area contributed by atoms with Crippen molar-refractivity contribution >= 4 is 0 Å². The molecule has 0 fully saturated rings. The summed E-state index contributed by atoms with van der Waals surface area (Å²) in [7, 11) is 0. The van der Waals surface area contributed by atoms with Crippen molar-refractivity contribution in [1.29, 1.82) is 0 Å². The average molecular weight is 233 g/mol. The highest BCUT2D eigenvalue weighted by atomic mass is 19.1. The van der Waals surface area contributed by atoms with Crippen molar-refractivity contribution in [3.8, 4) is 0 Å². The highest BCUT2D eigenvalue weighted by Crippen LogP contribution is 2.17. The Hall–Kier alpha value is -1.68. The van der Waals surface area contributed by atoms with E-state index < -0.39 is 0 Å². The molecule has 4 heteroatoms. The van der Waals surface area contributed by atoms with Crippen LogP contribution in [0.25, 0.3) is 0 Å². The topological polar surface area (TPSA) is 40.7 Å². The maximum Gasteiger partial charge on any atom is 0.123 e. The Morgan fingerprint density at radius 1 is 1.47 bits per heavy atom. The zero-order valence-electron chi connectivity index (χ0n) is 9.78. The van der Waals surface area contributed by atoms with Crippen molar-refractivity contribution in [1.82, 2.24) is 15.3 Å². The summed E-state index contributed by atoms with van der Waals surface area (Å²) in [4.78, 5) is 7.17. The van der Waals surface area contributed by atoms with Gasteiger partial charge in [-0.1, -0.05) is 19.1 Å². The summed E-state index contributed by atoms with van der Waals surface area (Å²) in [6, 6.07) is 6.86. The van der Waals surface area contributed by atoms with Crippen LogP contribution >= 0.6 is 0 Å². The van der Waals surface area contributed by atoms with Crippen molar-refractivity contribution in [2.24, 2.45) is 0 Å². The molecule has 0 aliphatic carbocycles. The van der Waals surface area contributed by atoms with E-state index in [1.54, 1.807) is 24.5 Å². The van der Waals surface area contributed by atoms with E-state index in [9.17, 15) is 4.39 Å². The van der Waals surface area contributed by atoms with Crippen molar-refractivity contribution in [2.45, 2.75) is 25.9 Å². The van der Waals surface area contributed by atoms with E-state index >= 15 is 0 Å². The Kier molecular flexibility index (Phi) is 3.88. The molecule has 0 radical (unpaired) electrons. The maximum atomic E-state index is 13.1. The molecule has 0 spiro atoms. The summed E-state index contributed by atoms with van der Waals surface area (Å²) in [5, 5.41) is 3.35. The van der Waals surface area contributed by atoms with Crippen molar-refractivity contribution in [3.05, 3.63) is 53.9 Å². The number of hydrogen-bond acceptors (Lipinski definition) is 2. The lowest BCUT2D eigenvalue weighted by molar-refractivity contribution is 0.506. The van der Waals surface area contributed by atoms with E-state index in [-0.39, 0.29) is 11.9 Å². The predicted octanol–water partition coefficient (Wildman–Crippen LogP) is 2.79. The third kappa shape index (κ3) is 3.14. The Balaban J connectivity index is 2.01. The molecule has 1 atom stereocenters. The van der Waals surface area contributed by atoms with Crippen LogP contribution in [0.5, 0.6) is 0 Å². The molecule has 0 aliphatic heterocycles. The second kappa shape index (κ2) is 5.59. The van der Waals surface area contributed by atoms with Gasteiger partial charge in [-0.2, -0.15) is 0 Å². The number of H-pyrrole nitrogens is 1. The number of nitrogens with zero attached hydrogens (tertiary/aromatic N) is 1. The van der Waals surface area contributed by atoms with E-state index in [2.05, 4.69) is 22.2 Å². The van der Waals surface area contributed by atoms with Crippen molar-refractivity contribution in [2.75, 3.05) is 0 Å². The molecule has 1 heterocycles. The van der Waals surface area contributed by atoms with Crippen molar-refractivity contribution in [3.63, 3.8) is 0 Å². The minimum Gasteiger partial charge on any atom is -0.348 e. The van der Waals surface area contributed by atoms with Crippen molar-refractivity contribution < 1.29 is 4.39 Å². The molecule has 3 nitrogen and oxygen atoms in total. The standard InChI is InChI=1S/C13H16FN3/c1-2-12(10-4-3-5-11(14)8-10)17-9-13-15-6-7-16-13/h3-8,12,17H,2,9H2,1H3,(H,15,16). The zero-order chi connectivity index (χ0) is 12.1. The Bertz CT molecular complexity index is 453. The molecule has 0 bridgehead atoms. The number of aromatic nitrogens is 2. The second-order valence-corrected chi connectivity index (χ2v) is 3.93. The van der Waals surface area contributed by atoms with Crippen LogP contribution in [0.2, 0.25) is 0 Å². The van der Waals surface area contributed by atoms with Crippen LogP contribution < -0.4 is 5.32 Å². The van der Waals surface area contributed by atoms with Gasteiger partial charge in [0.05, 0.1) is 6.54 Å². The van der Waals surface area contributed by atoms with Gasteiger partial charge in [0.15, 0.2) is 0 Å². The normalized spacial score (nSPS) is 12.6. The van der Waals surface area contributed by atoms with E-state index in [4.69, 9.17) is 0 Å². The number of nitrogens with one attached hydrogen (secondary N) is 2. The maximum absolute atomic E-state index is 13.1. The molecule has 0 saturated carbocycles. The fraction of sp³-hybridized carbons (Fsp3) is 0.308. The predicted molar refractivity (Wildman–Crippen MR) is 64.9 cm³/mol. The van der Waals surface area contributed by atoms with Crippen LogP contribution in [0.15, 0.2) is 36.7 Å². The minimum atomic E-state index is -0.194. The molecular weight excluding hydrogens is 217 g/mol. The first-order chi connectivity index (χ1) is 8.29. The lowest BCUT2D eigenvalue weighted by atomic mass is 10.0. The third-order valence-corrected chi connectivity index (χ3v) is 2.73. The average Bonchev–Trinajstić information content (AvgIpc) is 2.83. The molecule has 1 aromatic heterocycles. The van der Waals surface area contributed by atoms with E-state index in [1.807, 2.05) is 6.07 Å². The molecule has 0 aliphatic rings. The number of halogens is 1. The first-order valence-corrected chi connectivity index (χ1v) is 5.76. The smallest absolute Gasteiger partial charge is 0.123 e. The molecule has 2 N–H and O–H groups in total. The molecule has 2 aromatic rings. The van der Waals surface area contributed by atoms with Gasteiger partial charge < -0.3 is 10.3 Å². The van der Waals surface area contributed by atoms with Gasteiger partial charge in [-0.05, 0) is 24.1 Å². The highest BCUT2D eigenvalue weighted by molar-refractivity contribution is 5.20. The van der Waals surface area contributed by atoms with Gasteiger partial charge in [-0.25, -0.2) is 9.37 Å². The Labute approximate surface area is 100 Å². The number of rotatable bonds is 5. The number of aromatic amines is 1.